The number of aliphatic hydroxyl groups is 1. The molecule has 1 N–H and O–H groups in total. The van der Waals surface area contributed by atoms with Gasteiger partial charge in [0.1, 0.15) is 0 Å². The molecule has 1 heteroatoms. The van der Waals surface area contributed by atoms with Crippen LogP contribution in [-0.4, -0.2) is 11.2 Å². The van der Waals surface area contributed by atoms with Gasteiger partial charge in [-0.1, -0.05) is 32.4 Å². The van der Waals surface area contributed by atoms with Crippen LogP contribution in [0.2, 0.25) is 0 Å². The molecule has 15 heavy (non-hydrogen) atoms. The van der Waals surface area contributed by atoms with Gasteiger partial charge < -0.3 is 5.11 Å². The molecule has 0 aromatic carbocycles. The molecule has 0 aromatic heterocycles. The Morgan fingerprint density at radius 2 is 2.13 bits per heavy atom. The second kappa shape index (κ2) is 3.93. The van der Waals surface area contributed by atoms with Crippen molar-refractivity contribution in [1.29, 1.82) is 0 Å². The fraction of sp³-hybridized carbons (Fsp3) is 0.857. The van der Waals surface area contributed by atoms with Crippen LogP contribution in [0.5, 0.6) is 0 Å². The molecule has 0 heterocycles. The van der Waals surface area contributed by atoms with Gasteiger partial charge in [-0.15, -0.1) is 0 Å². The number of hydrogen-bond acceptors (Lipinski definition) is 1. The molecule has 0 spiro atoms. The van der Waals surface area contributed by atoms with Crippen LogP contribution in [0.15, 0.2) is 11.6 Å². The highest BCUT2D eigenvalue weighted by molar-refractivity contribution is 5.21. The minimum absolute atomic E-state index is 0.0530. The Bertz CT molecular complexity index is 267. The van der Waals surface area contributed by atoms with E-state index in [4.69, 9.17) is 0 Å². The molecular formula is C14H24O. The molecule has 0 unspecified atom stereocenters. The van der Waals surface area contributed by atoms with Gasteiger partial charge in [0, 0.05) is 0 Å². The molecule has 0 bridgehead atoms. The second-order valence-corrected chi connectivity index (χ2v) is 6.10. The molecular weight excluding hydrogens is 184 g/mol. The minimum Gasteiger partial charge on any atom is -0.393 e. The van der Waals surface area contributed by atoms with Crippen molar-refractivity contribution in [3.05, 3.63) is 11.6 Å². The number of fused-ring (bicyclic) bond motifs is 1. The average Bonchev–Trinajstić information content (AvgIpc) is 2.15. The van der Waals surface area contributed by atoms with Crippen molar-refractivity contribution in [2.24, 2.45) is 17.3 Å². The Hall–Kier alpha value is -0.300. The summed E-state index contributed by atoms with van der Waals surface area (Å²) in [6.07, 6.45) is 8.16. The van der Waals surface area contributed by atoms with E-state index >= 15 is 0 Å². The van der Waals surface area contributed by atoms with Gasteiger partial charge in [0.2, 0.25) is 0 Å². The van der Waals surface area contributed by atoms with E-state index in [-0.39, 0.29) is 6.10 Å². The lowest BCUT2D eigenvalue weighted by Crippen LogP contribution is -2.34. The van der Waals surface area contributed by atoms with Crippen molar-refractivity contribution in [1.82, 2.24) is 0 Å². The SMILES string of the molecule is CC(C)[C@@H]1C=C2CC[C@@H](O)C[C@@]2(C)CC1. The maximum atomic E-state index is 9.76. The molecule has 3 atom stereocenters. The summed E-state index contributed by atoms with van der Waals surface area (Å²) in [6.45, 7) is 6.99. The van der Waals surface area contributed by atoms with Crippen molar-refractivity contribution >= 4 is 0 Å². The van der Waals surface area contributed by atoms with E-state index in [1.165, 1.54) is 12.8 Å². The highest BCUT2D eigenvalue weighted by Crippen LogP contribution is 2.49. The molecule has 2 rings (SSSR count). The molecule has 1 saturated carbocycles. The summed E-state index contributed by atoms with van der Waals surface area (Å²) in [5.41, 5.74) is 1.96. The number of allylic oxidation sites excluding steroid dienone is 2. The first-order valence-corrected chi connectivity index (χ1v) is 6.40. The van der Waals surface area contributed by atoms with Crippen molar-refractivity contribution in [3.63, 3.8) is 0 Å². The Kier molecular flexibility index (Phi) is 2.94. The van der Waals surface area contributed by atoms with E-state index in [0.29, 0.717) is 5.41 Å². The van der Waals surface area contributed by atoms with Gasteiger partial charge in [-0.2, -0.15) is 0 Å². The molecule has 0 saturated heterocycles. The van der Waals surface area contributed by atoms with Gasteiger partial charge in [-0.25, -0.2) is 0 Å². The monoisotopic (exact) mass is 208 g/mol. The number of aliphatic hydroxyl groups excluding tert-OH is 1. The van der Waals surface area contributed by atoms with Crippen molar-refractivity contribution in [2.75, 3.05) is 0 Å². The highest BCUT2D eigenvalue weighted by Gasteiger charge is 2.38. The van der Waals surface area contributed by atoms with Crippen LogP contribution < -0.4 is 0 Å². The lowest BCUT2D eigenvalue weighted by Gasteiger charge is -2.44. The zero-order valence-electron chi connectivity index (χ0n) is 10.3. The lowest BCUT2D eigenvalue weighted by molar-refractivity contribution is 0.0753. The summed E-state index contributed by atoms with van der Waals surface area (Å²) in [5, 5.41) is 9.76. The number of rotatable bonds is 1. The smallest absolute Gasteiger partial charge is 0.0551 e. The standard InChI is InChI=1S/C14H24O/c1-10(2)11-6-7-14(3)9-13(15)5-4-12(14)8-11/h8,10-11,13,15H,4-7,9H2,1-3H3/t11-,13+,14+/m0/s1. The largest absolute Gasteiger partial charge is 0.393 e. The van der Waals surface area contributed by atoms with Crippen molar-refractivity contribution in [2.45, 2.75) is 59.0 Å². The number of hydrogen-bond donors (Lipinski definition) is 1. The van der Waals surface area contributed by atoms with Crippen LogP contribution in [0.1, 0.15) is 52.9 Å². The Morgan fingerprint density at radius 3 is 2.80 bits per heavy atom. The quantitative estimate of drug-likeness (QED) is 0.654. The Morgan fingerprint density at radius 1 is 1.40 bits per heavy atom. The second-order valence-electron chi connectivity index (χ2n) is 6.10. The van der Waals surface area contributed by atoms with Crippen LogP contribution in [0.4, 0.5) is 0 Å². The molecule has 0 aliphatic heterocycles. The zero-order chi connectivity index (χ0) is 11.1. The molecule has 2 aliphatic carbocycles. The lowest BCUT2D eigenvalue weighted by atomic mass is 9.62. The zero-order valence-corrected chi connectivity index (χ0v) is 10.3. The predicted octanol–water partition coefficient (Wildman–Crippen LogP) is 3.53. The van der Waals surface area contributed by atoms with Crippen LogP contribution in [-0.2, 0) is 0 Å². The van der Waals surface area contributed by atoms with Gasteiger partial charge in [0.05, 0.1) is 6.10 Å². The van der Waals surface area contributed by atoms with E-state index in [1.807, 2.05) is 0 Å². The molecule has 86 valence electrons. The van der Waals surface area contributed by atoms with Crippen LogP contribution >= 0.6 is 0 Å². The molecule has 0 aromatic rings. The maximum Gasteiger partial charge on any atom is 0.0551 e. The van der Waals surface area contributed by atoms with Crippen molar-refractivity contribution < 1.29 is 5.11 Å². The van der Waals surface area contributed by atoms with E-state index in [1.54, 1.807) is 5.57 Å². The van der Waals surface area contributed by atoms with E-state index in [2.05, 4.69) is 26.8 Å². The maximum absolute atomic E-state index is 9.76. The van der Waals surface area contributed by atoms with E-state index in [0.717, 1.165) is 31.1 Å². The topological polar surface area (TPSA) is 20.2 Å². The molecule has 1 fully saturated rings. The summed E-state index contributed by atoms with van der Waals surface area (Å²) < 4.78 is 0. The first kappa shape index (κ1) is 11.2. The van der Waals surface area contributed by atoms with E-state index < -0.39 is 0 Å². The first-order chi connectivity index (χ1) is 7.01. The third-order valence-corrected chi connectivity index (χ3v) is 4.51. The van der Waals surface area contributed by atoms with Gasteiger partial charge in [0.25, 0.3) is 0 Å². The van der Waals surface area contributed by atoms with Crippen LogP contribution in [0.25, 0.3) is 0 Å². The van der Waals surface area contributed by atoms with E-state index in [9.17, 15) is 5.11 Å². The normalized spacial score (nSPS) is 41.3. The average molecular weight is 208 g/mol. The molecule has 0 radical (unpaired) electrons. The van der Waals surface area contributed by atoms with Crippen LogP contribution in [0, 0.1) is 17.3 Å². The summed E-state index contributed by atoms with van der Waals surface area (Å²) in [5.74, 6) is 1.55. The molecule has 0 amide bonds. The van der Waals surface area contributed by atoms with Gasteiger partial charge >= 0.3 is 0 Å². The highest BCUT2D eigenvalue weighted by atomic mass is 16.3. The van der Waals surface area contributed by atoms with Crippen molar-refractivity contribution in [3.8, 4) is 0 Å². The molecule has 2 aliphatic rings. The molecule has 1 nitrogen and oxygen atoms in total. The third kappa shape index (κ3) is 2.13. The summed E-state index contributed by atoms with van der Waals surface area (Å²) >= 11 is 0. The van der Waals surface area contributed by atoms with Gasteiger partial charge in [0.15, 0.2) is 0 Å². The Labute approximate surface area is 93.6 Å². The van der Waals surface area contributed by atoms with Gasteiger partial charge in [-0.05, 0) is 49.4 Å². The summed E-state index contributed by atoms with van der Waals surface area (Å²) in [7, 11) is 0. The first-order valence-electron chi connectivity index (χ1n) is 6.40. The van der Waals surface area contributed by atoms with Crippen LogP contribution in [0.3, 0.4) is 0 Å². The third-order valence-electron chi connectivity index (χ3n) is 4.51. The minimum atomic E-state index is -0.0530. The fourth-order valence-electron chi connectivity index (χ4n) is 3.28. The Balaban J connectivity index is 2.18. The summed E-state index contributed by atoms with van der Waals surface area (Å²) in [6, 6.07) is 0. The predicted molar refractivity (Wildman–Crippen MR) is 63.6 cm³/mol. The van der Waals surface area contributed by atoms with Gasteiger partial charge in [-0.3, -0.25) is 0 Å². The summed E-state index contributed by atoms with van der Waals surface area (Å²) in [4.78, 5) is 0. The fourth-order valence-corrected chi connectivity index (χ4v) is 3.28.